The zero-order valence-corrected chi connectivity index (χ0v) is 25.6. The average Bonchev–Trinajstić information content (AvgIpc) is 3.43. The van der Waals surface area contributed by atoms with Crippen LogP contribution in [0.15, 0.2) is 170 Å². The minimum Gasteiger partial charge on any atom is -0.355 e. The molecule has 0 aliphatic carbocycles. The third-order valence-corrected chi connectivity index (χ3v) is 8.68. The van der Waals surface area contributed by atoms with Crippen LogP contribution in [0.4, 0.5) is 17.1 Å². The summed E-state index contributed by atoms with van der Waals surface area (Å²) in [5, 5.41) is 6.08. The number of benzene rings is 7. The van der Waals surface area contributed by atoms with E-state index in [1.54, 1.807) is 0 Å². The molecule has 1 aromatic heterocycles. The number of aryl methyl sites for hydroxylation is 1. The smallest absolute Gasteiger partial charge is 0.0710 e. The summed E-state index contributed by atoms with van der Waals surface area (Å²) in [4.78, 5) is 0. The molecule has 0 saturated carbocycles. The van der Waals surface area contributed by atoms with Gasteiger partial charge in [0.1, 0.15) is 0 Å². The normalized spacial score (nSPS) is 11.2. The number of nitrogens with one attached hydrogen (secondary N) is 2. The van der Waals surface area contributed by atoms with Crippen LogP contribution in [0.5, 0.6) is 0 Å². The first-order chi connectivity index (χ1) is 22.7. The summed E-state index contributed by atoms with van der Waals surface area (Å²) in [6.45, 7) is 2.11. The van der Waals surface area contributed by atoms with Crippen LogP contribution in [0.3, 0.4) is 0 Å². The number of hydrogen-bond donors (Lipinski definition) is 2. The van der Waals surface area contributed by atoms with Crippen molar-refractivity contribution in [2.45, 2.75) is 6.92 Å². The second kappa shape index (κ2) is 11.8. The van der Waals surface area contributed by atoms with Crippen molar-refractivity contribution in [3.8, 4) is 33.4 Å². The Labute approximate surface area is 269 Å². The molecule has 0 unspecified atom stereocenters. The van der Waals surface area contributed by atoms with Crippen LogP contribution < -0.4 is 10.7 Å². The SMILES string of the molecule is Cc1ccc(Nc2ccc(-c3ccc4c(c3)c3ccccc3n4Nc3ccccc3-c3ccccc3)cc2-c2ccccc2)cc1. The van der Waals surface area contributed by atoms with Crippen LogP contribution in [0.2, 0.25) is 0 Å². The topological polar surface area (TPSA) is 29.0 Å². The van der Waals surface area contributed by atoms with E-state index in [4.69, 9.17) is 0 Å². The van der Waals surface area contributed by atoms with Gasteiger partial charge >= 0.3 is 0 Å². The molecule has 0 saturated heterocycles. The molecule has 0 fully saturated rings. The van der Waals surface area contributed by atoms with Crippen molar-refractivity contribution in [1.29, 1.82) is 0 Å². The fraction of sp³-hybridized carbons (Fsp3) is 0.0233. The second-order valence-corrected chi connectivity index (χ2v) is 11.7. The van der Waals surface area contributed by atoms with Gasteiger partial charge in [0, 0.05) is 33.3 Å². The molecule has 220 valence electrons. The standard InChI is InChI=1S/C43H33N3/c1-30-20-24-35(25-21-30)44-40-26-22-33(28-38(40)32-14-6-3-7-15-32)34-23-27-43-39(29-34)37-17-9-11-19-42(37)46(43)45-41-18-10-8-16-36(41)31-12-4-2-5-13-31/h2-29,44-45H,1H3. The van der Waals surface area contributed by atoms with E-state index in [0.717, 1.165) is 28.1 Å². The van der Waals surface area contributed by atoms with Gasteiger partial charge in [-0.2, -0.15) is 0 Å². The molecular weight excluding hydrogens is 558 g/mol. The minimum absolute atomic E-state index is 1.06. The van der Waals surface area contributed by atoms with Crippen molar-refractivity contribution in [3.63, 3.8) is 0 Å². The quantitative estimate of drug-likeness (QED) is 0.193. The van der Waals surface area contributed by atoms with Crippen molar-refractivity contribution >= 4 is 38.9 Å². The molecule has 0 spiro atoms. The molecule has 3 nitrogen and oxygen atoms in total. The maximum atomic E-state index is 3.77. The molecule has 0 aliphatic heterocycles. The van der Waals surface area contributed by atoms with E-state index in [-0.39, 0.29) is 0 Å². The molecular formula is C43H33N3. The molecule has 2 N–H and O–H groups in total. The first-order valence-electron chi connectivity index (χ1n) is 15.7. The predicted molar refractivity (Wildman–Crippen MR) is 196 cm³/mol. The highest BCUT2D eigenvalue weighted by atomic mass is 15.4. The van der Waals surface area contributed by atoms with Gasteiger partial charge in [-0.1, -0.05) is 127 Å². The average molecular weight is 592 g/mol. The minimum atomic E-state index is 1.06. The molecule has 0 atom stereocenters. The molecule has 8 aromatic rings. The monoisotopic (exact) mass is 591 g/mol. The van der Waals surface area contributed by atoms with E-state index in [2.05, 4.69) is 192 Å². The molecule has 7 aromatic carbocycles. The molecule has 46 heavy (non-hydrogen) atoms. The number of rotatable bonds is 7. The Balaban J connectivity index is 1.23. The number of hydrogen-bond acceptors (Lipinski definition) is 2. The largest absolute Gasteiger partial charge is 0.355 e. The third kappa shape index (κ3) is 5.18. The van der Waals surface area contributed by atoms with Gasteiger partial charge in [-0.25, -0.2) is 0 Å². The lowest BCUT2D eigenvalue weighted by atomic mass is 9.96. The van der Waals surface area contributed by atoms with Gasteiger partial charge in [-0.3, -0.25) is 10.1 Å². The first-order valence-corrected chi connectivity index (χ1v) is 15.7. The number of anilines is 3. The van der Waals surface area contributed by atoms with E-state index < -0.39 is 0 Å². The third-order valence-electron chi connectivity index (χ3n) is 8.68. The zero-order chi connectivity index (χ0) is 30.9. The summed E-state index contributed by atoms with van der Waals surface area (Å²) in [6.07, 6.45) is 0. The Hall–Kier alpha value is -6.06. The summed E-state index contributed by atoms with van der Waals surface area (Å²) in [5.74, 6) is 0. The zero-order valence-electron chi connectivity index (χ0n) is 25.6. The van der Waals surface area contributed by atoms with Gasteiger partial charge in [0.05, 0.1) is 16.7 Å². The summed E-state index contributed by atoms with van der Waals surface area (Å²) >= 11 is 0. The van der Waals surface area contributed by atoms with Crippen molar-refractivity contribution < 1.29 is 0 Å². The summed E-state index contributed by atoms with van der Waals surface area (Å²) in [5.41, 5.74) is 17.6. The van der Waals surface area contributed by atoms with Crippen LogP contribution in [-0.4, -0.2) is 4.68 Å². The molecule has 3 heteroatoms. The fourth-order valence-electron chi connectivity index (χ4n) is 6.33. The van der Waals surface area contributed by atoms with Crippen LogP contribution >= 0.6 is 0 Å². The Morgan fingerprint density at radius 3 is 1.80 bits per heavy atom. The van der Waals surface area contributed by atoms with Crippen molar-refractivity contribution in [2.24, 2.45) is 0 Å². The van der Waals surface area contributed by atoms with Gasteiger partial charge in [-0.05, 0) is 77.7 Å². The van der Waals surface area contributed by atoms with E-state index in [1.165, 1.54) is 49.7 Å². The molecule has 0 bridgehead atoms. The summed E-state index contributed by atoms with van der Waals surface area (Å²) in [6, 6.07) is 60.4. The van der Waals surface area contributed by atoms with E-state index in [0.29, 0.717) is 0 Å². The highest BCUT2D eigenvalue weighted by molar-refractivity contribution is 6.10. The maximum Gasteiger partial charge on any atom is 0.0710 e. The molecule has 8 rings (SSSR count). The Kier molecular flexibility index (Phi) is 7.05. The fourth-order valence-corrected chi connectivity index (χ4v) is 6.33. The predicted octanol–water partition coefficient (Wildman–Crippen LogP) is 11.7. The van der Waals surface area contributed by atoms with Gasteiger partial charge in [0.25, 0.3) is 0 Å². The lowest BCUT2D eigenvalue weighted by Crippen LogP contribution is -2.09. The van der Waals surface area contributed by atoms with Gasteiger partial charge in [0.15, 0.2) is 0 Å². The molecule has 0 amide bonds. The van der Waals surface area contributed by atoms with Gasteiger partial charge in [-0.15, -0.1) is 0 Å². The van der Waals surface area contributed by atoms with Crippen LogP contribution in [0, 0.1) is 6.92 Å². The van der Waals surface area contributed by atoms with Crippen LogP contribution in [0.1, 0.15) is 5.56 Å². The number of fused-ring (bicyclic) bond motifs is 3. The second-order valence-electron chi connectivity index (χ2n) is 11.7. The Bertz CT molecular complexity index is 2300. The Morgan fingerprint density at radius 1 is 0.413 bits per heavy atom. The van der Waals surface area contributed by atoms with E-state index in [9.17, 15) is 0 Å². The molecule has 0 radical (unpaired) electrons. The molecule has 0 aliphatic rings. The van der Waals surface area contributed by atoms with Crippen molar-refractivity contribution in [3.05, 3.63) is 175 Å². The van der Waals surface area contributed by atoms with Gasteiger partial charge < -0.3 is 5.32 Å². The number of aromatic nitrogens is 1. The van der Waals surface area contributed by atoms with Crippen LogP contribution in [0.25, 0.3) is 55.2 Å². The molecule has 1 heterocycles. The maximum absolute atomic E-state index is 3.77. The van der Waals surface area contributed by atoms with Crippen LogP contribution in [-0.2, 0) is 0 Å². The summed E-state index contributed by atoms with van der Waals surface area (Å²) in [7, 11) is 0. The first kappa shape index (κ1) is 27.5. The Morgan fingerprint density at radius 2 is 1.02 bits per heavy atom. The lowest BCUT2D eigenvalue weighted by Gasteiger charge is -2.16. The lowest BCUT2D eigenvalue weighted by molar-refractivity contribution is 1.06. The van der Waals surface area contributed by atoms with Gasteiger partial charge in [0.2, 0.25) is 0 Å². The van der Waals surface area contributed by atoms with Crippen molar-refractivity contribution in [2.75, 3.05) is 10.7 Å². The van der Waals surface area contributed by atoms with E-state index in [1.807, 2.05) is 0 Å². The number of nitrogens with zero attached hydrogens (tertiary/aromatic N) is 1. The van der Waals surface area contributed by atoms with Crippen molar-refractivity contribution in [1.82, 2.24) is 4.68 Å². The number of para-hydroxylation sites is 2. The highest BCUT2D eigenvalue weighted by Crippen LogP contribution is 2.38. The summed E-state index contributed by atoms with van der Waals surface area (Å²) < 4.78 is 2.22. The van der Waals surface area contributed by atoms with E-state index >= 15 is 0 Å². The highest BCUT2D eigenvalue weighted by Gasteiger charge is 2.15.